The maximum atomic E-state index is 5.97. The van der Waals surface area contributed by atoms with Crippen LogP contribution in [0.15, 0.2) is 30.3 Å². The summed E-state index contributed by atoms with van der Waals surface area (Å²) < 4.78 is 5.97. The van der Waals surface area contributed by atoms with Gasteiger partial charge in [-0.05, 0) is 44.2 Å². The molecule has 1 aliphatic rings. The van der Waals surface area contributed by atoms with E-state index >= 15 is 0 Å². The van der Waals surface area contributed by atoms with Crippen molar-refractivity contribution in [3.63, 3.8) is 0 Å². The Kier molecular flexibility index (Phi) is 3.25. The highest BCUT2D eigenvalue weighted by atomic mass is 16.5. The maximum Gasteiger partial charge on any atom is 0.214 e. The van der Waals surface area contributed by atoms with Crippen LogP contribution in [0.5, 0.6) is 5.88 Å². The van der Waals surface area contributed by atoms with Gasteiger partial charge in [0.25, 0.3) is 0 Å². The number of anilines is 1. The van der Waals surface area contributed by atoms with Crippen LogP contribution in [0.2, 0.25) is 0 Å². The van der Waals surface area contributed by atoms with Gasteiger partial charge in [-0.25, -0.2) is 4.98 Å². The lowest BCUT2D eigenvalue weighted by Gasteiger charge is -2.28. The van der Waals surface area contributed by atoms with Crippen LogP contribution in [0.4, 0.5) is 5.69 Å². The Labute approximate surface area is 113 Å². The van der Waals surface area contributed by atoms with Crippen LogP contribution in [-0.4, -0.2) is 36.1 Å². The Bertz CT molecular complexity index is 577. The highest BCUT2D eigenvalue weighted by Gasteiger charge is 2.18. The second kappa shape index (κ2) is 5.05. The summed E-state index contributed by atoms with van der Waals surface area (Å²) in [5.41, 5.74) is 7.45. The predicted octanol–water partition coefficient (Wildman–Crippen LogP) is 2.29. The van der Waals surface area contributed by atoms with E-state index in [1.165, 1.54) is 0 Å². The van der Waals surface area contributed by atoms with Gasteiger partial charge in [-0.15, -0.1) is 0 Å². The van der Waals surface area contributed by atoms with E-state index in [0.29, 0.717) is 5.88 Å². The molecular formula is C15H19N3O. The number of likely N-dealkylation sites (tertiary alicyclic amines) is 1. The van der Waals surface area contributed by atoms with Crippen LogP contribution in [-0.2, 0) is 0 Å². The van der Waals surface area contributed by atoms with Crippen molar-refractivity contribution < 1.29 is 4.74 Å². The molecule has 0 unspecified atom stereocenters. The lowest BCUT2D eigenvalue weighted by atomic mass is 10.1. The van der Waals surface area contributed by atoms with Crippen molar-refractivity contribution in [1.82, 2.24) is 9.88 Å². The first-order valence-electron chi connectivity index (χ1n) is 6.72. The molecule has 4 heteroatoms. The first-order chi connectivity index (χ1) is 9.20. The minimum absolute atomic E-state index is 0.287. The SMILES string of the molecule is CN1CCC(Oc2ccc3cc(N)ccc3n2)CC1. The summed E-state index contributed by atoms with van der Waals surface area (Å²) in [5.74, 6) is 0.715. The number of rotatable bonds is 2. The van der Waals surface area contributed by atoms with Crippen LogP contribution in [0.3, 0.4) is 0 Å². The average Bonchev–Trinajstić information content (AvgIpc) is 2.42. The molecule has 0 amide bonds. The number of piperidine rings is 1. The summed E-state index contributed by atoms with van der Waals surface area (Å²) in [6, 6.07) is 9.69. The molecule has 0 saturated carbocycles. The molecule has 1 saturated heterocycles. The van der Waals surface area contributed by atoms with E-state index in [0.717, 1.165) is 42.5 Å². The summed E-state index contributed by atoms with van der Waals surface area (Å²) in [6.07, 6.45) is 2.42. The maximum absolute atomic E-state index is 5.97. The van der Waals surface area contributed by atoms with Crippen molar-refractivity contribution in [2.24, 2.45) is 0 Å². The van der Waals surface area contributed by atoms with Gasteiger partial charge in [0.1, 0.15) is 6.10 Å². The topological polar surface area (TPSA) is 51.4 Å². The number of hydrogen-bond donors (Lipinski definition) is 1. The number of ether oxygens (including phenoxy) is 1. The van der Waals surface area contributed by atoms with E-state index in [2.05, 4.69) is 16.9 Å². The molecule has 0 radical (unpaired) electrons. The largest absolute Gasteiger partial charge is 0.474 e. The molecule has 2 heterocycles. The molecule has 4 nitrogen and oxygen atoms in total. The Balaban J connectivity index is 1.76. The fourth-order valence-corrected chi connectivity index (χ4v) is 2.46. The fraction of sp³-hybridized carbons (Fsp3) is 0.400. The van der Waals surface area contributed by atoms with E-state index in [1.807, 2.05) is 30.3 Å². The van der Waals surface area contributed by atoms with Crippen molar-refractivity contribution in [3.8, 4) is 5.88 Å². The Morgan fingerprint density at radius 3 is 2.79 bits per heavy atom. The molecular weight excluding hydrogens is 238 g/mol. The van der Waals surface area contributed by atoms with E-state index in [-0.39, 0.29) is 6.10 Å². The Hall–Kier alpha value is -1.81. The fourth-order valence-electron chi connectivity index (χ4n) is 2.46. The van der Waals surface area contributed by atoms with Crippen LogP contribution >= 0.6 is 0 Å². The molecule has 100 valence electrons. The molecule has 1 aromatic heterocycles. The monoisotopic (exact) mass is 257 g/mol. The molecule has 1 fully saturated rings. The van der Waals surface area contributed by atoms with Crippen LogP contribution < -0.4 is 10.5 Å². The standard InChI is InChI=1S/C15H19N3O/c1-18-8-6-13(7-9-18)19-15-5-2-11-10-12(16)3-4-14(11)17-15/h2-5,10,13H,6-9,16H2,1H3. The van der Waals surface area contributed by atoms with Crippen LogP contribution in [0, 0.1) is 0 Å². The zero-order valence-corrected chi connectivity index (χ0v) is 11.2. The van der Waals surface area contributed by atoms with Crippen LogP contribution in [0.25, 0.3) is 10.9 Å². The molecule has 2 N–H and O–H groups in total. The van der Waals surface area contributed by atoms with Gasteiger partial charge in [-0.3, -0.25) is 0 Å². The van der Waals surface area contributed by atoms with Gasteiger partial charge in [0.2, 0.25) is 5.88 Å². The summed E-state index contributed by atoms with van der Waals surface area (Å²) in [7, 11) is 2.15. The molecule has 1 aromatic carbocycles. The number of hydrogen-bond acceptors (Lipinski definition) is 4. The molecule has 1 aliphatic heterocycles. The van der Waals surface area contributed by atoms with Crippen molar-refractivity contribution in [2.45, 2.75) is 18.9 Å². The first-order valence-corrected chi connectivity index (χ1v) is 6.72. The lowest BCUT2D eigenvalue weighted by molar-refractivity contribution is 0.110. The third-order valence-electron chi connectivity index (χ3n) is 3.64. The van der Waals surface area contributed by atoms with Crippen molar-refractivity contribution >= 4 is 16.6 Å². The number of nitrogens with zero attached hydrogens (tertiary/aromatic N) is 2. The number of benzene rings is 1. The molecule has 2 aromatic rings. The first kappa shape index (κ1) is 12.2. The van der Waals surface area contributed by atoms with E-state index in [9.17, 15) is 0 Å². The van der Waals surface area contributed by atoms with Gasteiger partial charge in [-0.1, -0.05) is 0 Å². The van der Waals surface area contributed by atoms with E-state index < -0.39 is 0 Å². The van der Waals surface area contributed by atoms with Gasteiger partial charge in [0.05, 0.1) is 5.52 Å². The number of nitrogen functional groups attached to an aromatic ring is 1. The summed E-state index contributed by atoms with van der Waals surface area (Å²) in [4.78, 5) is 6.87. The second-order valence-corrected chi connectivity index (χ2v) is 5.22. The highest BCUT2D eigenvalue weighted by Crippen LogP contribution is 2.21. The number of pyridine rings is 1. The second-order valence-electron chi connectivity index (χ2n) is 5.22. The van der Waals surface area contributed by atoms with Crippen LogP contribution in [0.1, 0.15) is 12.8 Å². The normalized spacial score (nSPS) is 17.7. The molecule has 0 atom stereocenters. The van der Waals surface area contributed by atoms with Crippen molar-refractivity contribution in [3.05, 3.63) is 30.3 Å². The summed E-state index contributed by atoms with van der Waals surface area (Å²) in [5, 5.41) is 1.05. The third kappa shape index (κ3) is 2.79. The van der Waals surface area contributed by atoms with Crippen molar-refractivity contribution in [2.75, 3.05) is 25.9 Å². The zero-order chi connectivity index (χ0) is 13.2. The minimum atomic E-state index is 0.287. The number of nitrogens with two attached hydrogens (primary N) is 1. The Morgan fingerprint density at radius 2 is 2.00 bits per heavy atom. The summed E-state index contributed by atoms with van der Waals surface area (Å²) >= 11 is 0. The molecule has 19 heavy (non-hydrogen) atoms. The third-order valence-corrected chi connectivity index (χ3v) is 3.64. The lowest BCUT2D eigenvalue weighted by Crippen LogP contribution is -2.35. The smallest absolute Gasteiger partial charge is 0.214 e. The number of fused-ring (bicyclic) bond motifs is 1. The van der Waals surface area contributed by atoms with Gasteiger partial charge < -0.3 is 15.4 Å². The van der Waals surface area contributed by atoms with E-state index in [1.54, 1.807) is 0 Å². The predicted molar refractivity (Wildman–Crippen MR) is 77.3 cm³/mol. The van der Waals surface area contributed by atoms with E-state index in [4.69, 9.17) is 10.5 Å². The van der Waals surface area contributed by atoms with Crippen molar-refractivity contribution in [1.29, 1.82) is 0 Å². The minimum Gasteiger partial charge on any atom is -0.474 e. The zero-order valence-electron chi connectivity index (χ0n) is 11.2. The average molecular weight is 257 g/mol. The summed E-state index contributed by atoms with van der Waals surface area (Å²) in [6.45, 7) is 2.18. The molecule has 3 rings (SSSR count). The highest BCUT2D eigenvalue weighted by molar-refractivity contribution is 5.82. The van der Waals surface area contributed by atoms with Gasteiger partial charge in [0, 0.05) is 30.2 Å². The molecule has 0 aliphatic carbocycles. The quantitative estimate of drug-likeness (QED) is 0.839. The molecule has 0 bridgehead atoms. The van der Waals surface area contributed by atoms with Gasteiger partial charge in [0.15, 0.2) is 0 Å². The van der Waals surface area contributed by atoms with Gasteiger partial charge >= 0.3 is 0 Å². The van der Waals surface area contributed by atoms with Gasteiger partial charge in [-0.2, -0.15) is 0 Å². The number of aromatic nitrogens is 1. The molecule has 0 spiro atoms. The Morgan fingerprint density at radius 1 is 1.21 bits per heavy atom.